The highest BCUT2D eigenvalue weighted by molar-refractivity contribution is 5.91. The lowest BCUT2D eigenvalue weighted by molar-refractivity contribution is -0.117. The van der Waals surface area contributed by atoms with E-state index in [0.29, 0.717) is 18.1 Å². The third-order valence-corrected chi connectivity index (χ3v) is 5.01. The van der Waals surface area contributed by atoms with Crippen molar-refractivity contribution in [3.05, 3.63) is 48.4 Å². The third kappa shape index (κ3) is 3.27. The van der Waals surface area contributed by atoms with Crippen molar-refractivity contribution < 1.29 is 4.79 Å². The van der Waals surface area contributed by atoms with Crippen LogP contribution in [0.1, 0.15) is 37.8 Å². The van der Waals surface area contributed by atoms with Crippen molar-refractivity contribution in [1.82, 2.24) is 14.4 Å². The predicted octanol–water partition coefficient (Wildman–Crippen LogP) is 4.22. The number of hydrogen-bond donors (Lipinski definition) is 1. The molecule has 2 heterocycles. The lowest BCUT2D eigenvalue weighted by Gasteiger charge is -2.10. The number of imidazole rings is 1. The van der Waals surface area contributed by atoms with E-state index in [-0.39, 0.29) is 5.91 Å². The standard InChI is InChI=1S/C20H22N4O/c1-14-19(23-20-21-10-5-11-24(14)20)16-8-4-9-17(13-16)22-18(25)12-15-6-2-3-7-15/h4-5,8-11,13,15H,2-3,6-7,12H2,1H3,(H,22,25). The molecule has 1 aliphatic rings. The maximum Gasteiger partial charge on any atom is 0.234 e. The van der Waals surface area contributed by atoms with Gasteiger partial charge in [0.1, 0.15) is 0 Å². The van der Waals surface area contributed by atoms with E-state index in [2.05, 4.69) is 15.3 Å². The number of anilines is 1. The fourth-order valence-electron chi connectivity index (χ4n) is 3.71. The first kappa shape index (κ1) is 15.8. The zero-order valence-corrected chi connectivity index (χ0v) is 14.4. The Labute approximate surface area is 147 Å². The zero-order chi connectivity index (χ0) is 17.2. The summed E-state index contributed by atoms with van der Waals surface area (Å²) in [5, 5.41) is 3.04. The van der Waals surface area contributed by atoms with Gasteiger partial charge in [-0.15, -0.1) is 0 Å². The van der Waals surface area contributed by atoms with E-state index in [1.807, 2.05) is 47.9 Å². The second-order valence-corrected chi connectivity index (χ2v) is 6.82. The van der Waals surface area contributed by atoms with Crippen molar-refractivity contribution >= 4 is 17.4 Å². The first-order valence-corrected chi connectivity index (χ1v) is 8.90. The summed E-state index contributed by atoms with van der Waals surface area (Å²) in [5.41, 5.74) is 3.75. The highest BCUT2D eigenvalue weighted by Gasteiger charge is 2.18. The minimum absolute atomic E-state index is 0.109. The molecule has 128 valence electrons. The van der Waals surface area contributed by atoms with Crippen LogP contribution in [-0.4, -0.2) is 20.3 Å². The van der Waals surface area contributed by atoms with Gasteiger partial charge in [-0.3, -0.25) is 9.20 Å². The van der Waals surface area contributed by atoms with Gasteiger partial charge in [-0.05, 0) is 43.9 Å². The Morgan fingerprint density at radius 3 is 2.92 bits per heavy atom. The molecule has 5 heteroatoms. The summed E-state index contributed by atoms with van der Waals surface area (Å²) in [4.78, 5) is 21.2. The molecular weight excluding hydrogens is 312 g/mol. The molecule has 1 amide bonds. The van der Waals surface area contributed by atoms with Crippen molar-refractivity contribution in [2.75, 3.05) is 5.32 Å². The number of hydrogen-bond acceptors (Lipinski definition) is 3. The number of benzene rings is 1. The molecule has 1 aromatic carbocycles. The number of nitrogens with zero attached hydrogens (tertiary/aromatic N) is 3. The molecule has 4 rings (SSSR count). The van der Waals surface area contributed by atoms with Gasteiger partial charge in [-0.2, -0.15) is 0 Å². The minimum Gasteiger partial charge on any atom is -0.326 e. The molecule has 1 N–H and O–H groups in total. The molecule has 0 aliphatic heterocycles. The Morgan fingerprint density at radius 2 is 2.12 bits per heavy atom. The first-order valence-electron chi connectivity index (χ1n) is 8.90. The van der Waals surface area contributed by atoms with E-state index < -0.39 is 0 Å². The van der Waals surface area contributed by atoms with Gasteiger partial charge in [0.15, 0.2) is 0 Å². The zero-order valence-electron chi connectivity index (χ0n) is 14.4. The molecule has 0 unspecified atom stereocenters. The second kappa shape index (κ2) is 6.67. The average molecular weight is 334 g/mol. The molecule has 0 saturated heterocycles. The molecule has 3 aromatic rings. The lowest BCUT2D eigenvalue weighted by atomic mass is 10.0. The molecule has 5 nitrogen and oxygen atoms in total. The van der Waals surface area contributed by atoms with Crippen molar-refractivity contribution in [2.45, 2.75) is 39.0 Å². The normalized spacial score (nSPS) is 14.9. The molecule has 0 radical (unpaired) electrons. The smallest absolute Gasteiger partial charge is 0.234 e. The Bertz CT molecular complexity index is 909. The number of rotatable bonds is 4. The highest BCUT2D eigenvalue weighted by Crippen LogP contribution is 2.29. The summed E-state index contributed by atoms with van der Waals surface area (Å²) in [6.45, 7) is 2.03. The molecule has 1 aliphatic carbocycles. The summed E-state index contributed by atoms with van der Waals surface area (Å²) < 4.78 is 1.97. The van der Waals surface area contributed by atoms with Crippen LogP contribution >= 0.6 is 0 Å². The Balaban J connectivity index is 1.56. The second-order valence-electron chi connectivity index (χ2n) is 6.82. The van der Waals surface area contributed by atoms with Crippen molar-refractivity contribution in [2.24, 2.45) is 5.92 Å². The molecule has 0 bridgehead atoms. The quantitative estimate of drug-likeness (QED) is 0.777. The number of carbonyl (C=O) groups is 1. The number of amides is 1. The molecule has 25 heavy (non-hydrogen) atoms. The van der Waals surface area contributed by atoms with Crippen molar-refractivity contribution in [1.29, 1.82) is 0 Å². The van der Waals surface area contributed by atoms with Gasteiger partial charge in [0.2, 0.25) is 11.7 Å². The van der Waals surface area contributed by atoms with Crippen LogP contribution in [0.3, 0.4) is 0 Å². The van der Waals surface area contributed by atoms with Crippen LogP contribution < -0.4 is 5.32 Å². The van der Waals surface area contributed by atoms with Gasteiger partial charge in [0.05, 0.1) is 5.69 Å². The average Bonchev–Trinajstić information content (AvgIpc) is 3.23. The highest BCUT2D eigenvalue weighted by atomic mass is 16.1. The van der Waals surface area contributed by atoms with Crippen LogP contribution in [0, 0.1) is 12.8 Å². The Hall–Kier alpha value is -2.69. The largest absolute Gasteiger partial charge is 0.326 e. The Morgan fingerprint density at radius 1 is 1.28 bits per heavy atom. The summed E-state index contributed by atoms with van der Waals surface area (Å²) in [6.07, 6.45) is 9.21. The van der Waals surface area contributed by atoms with Crippen LogP contribution in [-0.2, 0) is 4.79 Å². The van der Waals surface area contributed by atoms with Crippen molar-refractivity contribution in [3.63, 3.8) is 0 Å². The molecule has 1 saturated carbocycles. The van der Waals surface area contributed by atoms with Crippen LogP contribution in [0.4, 0.5) is 5.69 Å². The van der Waals surface area contributed by atoms with Gasteiger partial charge in [0, 0.05) is 35.8 Å². The summed E-state index contributed by atoms with van der Waals surface area (Å²) in [6, 6.07) is 9.78. The van der Waals surface area contributed by atoms with Crippen molar-refractivity contribution in [3.8, 4) is 11.3 Å². The van der Waals surface area contributed by atoms with E-state index in [9.17, 15) is 4.79 Å². The topological polar surface area (TPSA) is 59.3 Å². The number of carbonyl (C=O) groups excluding carboxylic acids is 1. The lowest BCUT2D eigenvalue weighted by Crippen LogP contribution is -2.15. The van der Waals surface area contributed by atoms with Gasteiger partial charge in [-0.25, -0.2) is 9.97 Å². The monoisotopic (exact) mass is 334 g/mol. The van der Waals surface area contributed by atoms with Crippen LogP contribution in [0.5, 0.6) is 0 Å². The van der Waals surface area contributed by atoms with Crippen LogP contribution in [0.15, 0.2) is 42.7 Å². The maximum absolute atomic E-state index is 12.3. The van der Waals surface area contributed by atoms with Gasteiger partial charge in [-0.1, -0.05) is 25.0 Å². The SMILES string of the molecule is Cc1c(-c2cccc(NC(=O)CC3CCCC3)c2)nc2ncccn12. The first-order chi connectivity index (χ1) is 12.2. The molecule has 1 fully saturated rings. The van der Waals surface area contributed by atoms with Crippen LogP contribution in [0.2, 0.25) is 0 Å². The van der Waals surface area contributed by atoms with E-state index in [0.717, 1.165) is 22.6 Å². The summed E-state index contributed by atoms with van der Waals surface area (Å²) >= 11 is 0. The number of nitrogens with one attached hydrogen (secondary N) is 1. The van der Waals surface area contributed by atoms with E-state index >= 15 is 0 Å². The van der Waals surface area contributed by atoms with Gasteiger partial charge in [0.25, 0.3) is 0 Å². The van der Waals surface area contributed by atoms with Gasteiger partial charge >= 0.3 is 0 Å². The molecule has 2 aromatic heterocycles. The minimum atomic E-state index is 0.109. The van der Waals surface area contributed by atoms with E-state index in [4.69, 9.17) is 0 Å². The predicted molar refractivity (Wildman–Crippen MR) is 98.4 cm³/mol. The fraction of sp³-hybridized carbons (Fsp3) is 0.350. The molecule has 0 spiro atoms. The van der Waals surface area contributed by atoms with E-state index in [1.54, 1.807) is 6.20 Å². The Kier molecular flexibility index (Phi) is 4.22. The molecule has 0 atom stereocenters. The summed E-state index contributed by atoms with van der Waals surface area (Å²) in [5.74, 6) is 1.35. The van der Waals surface area contributed by atoms with Gasteiger partial charge < -0.3 is 5.32 Å². The third-order valence-electron chi connectivity index (χ3n) is 5.01. The fourth-order valence-corrected chi connectivity index (χ4v) is 3.71. The number of aryl methyl sites for hydroxylation is 1. The van der Waals surface area contributed by atoms with Crippen LogP contribution in [0.25, 0.3) is 17.0 Å². The summed E-state index contributed by atoms with van der Waals surface area (Å²) in [7, 11) is 0. The number of aromatic nitrogens is 3. The number of fused-ring (bicyclic) bond motifs is 1. The maximum atomic E-state index is 12.3. The molecular formula is C20H22N4O. The van der Waals surface area contributed by atoms with E-state index in [1.165, 1.54) is 25.7 Å².